The summed E-state index contributed by atoms with van der Waals surface area (Å²) in [5.41, 5.74) is 1.09. The molecule has 3 rings (SSSR count). The highest BCUT2D eigenvalue weighted by molar-refractivity contribution is 5.10. The molecule has 0 amide bonds. The molecule has 1 aromatic heterocycles. The van der Waals surface area contributed by atoms with Crippen LogP contribution in [0.15, 0.2) is 30.7 Å². The Labute approximate surface area is 89.8 Å². The summed E-state index contributed by atoms with van der Waals surface area (Å²) in [6, 6.07) is 1.38. The van der Waals surface area contributed by atoms with Gasteiger partial charge in [-0.25, -0.2) is 0 Å². The third-order valence-corrected chi connectivity index (χ3v) is 3.42. The standard InChI is InChI=1S/C12H15N3/c1-2-11-4-5-12(3-1)15(11)9-10-8-13-6-7-14-10/h1-2,6-8,11-12H,3-5,9H2. The van der Waals surface area contributed by atoms with Crippen molar-refractivity contribution in [2.75, 3.05) is 0 Å². The summed E-state index contributed by atoms with van der Waals surface area (Å²) < 4.78 is 0. The lowest BCUT2D eigenvalue weighted by Crippen LogP contribution is -2.36. The number of aromatic nitrogens is 2. The molecular formula is C12H15N3. The summed E-state index contributed by atoms with van der Waals surface area (Å²) in [5.74, 6) is 0. The summed E-state index contributed by atoms with van der Waals surface area (Å²) in [5, 5.41) is 0. The van der Waals surface area contributed by atoms with Gasteiger partial charge in [0.05, 0.1) is 5.69 Å². The Morgan fingerprint density at radius 3 is 3.13 bits per heavy atom. The topological polar surface area (TPSA) is 29.0 Å². The van der Waals surface area contributed by atoms with E-state index in [0.29, 0.717) is 6.04 Å². The molecule has 3 heterocycles. The van der Waals surface area contributed by atoms with Crippen molar-refractivity contribution in [2.45, 2.75) is 37.9 Å². The molecule has 2 bridgehead atoms. The number of nitrogens with zero attached hydrogens (tertiary/aromatic N) is 3. The van der Waals surface area contributed by atoms with Crippen molar-refractivity contribution in [1.29, 1.82) is 0 Å². The molecule has 2 atom stereocenters. The van der Waals surface area contributed by atoms with Crippen LogP contribution in [-0.4, -0.2) is 27.0 Å². The van der Waals surface area contributed by atoms with Gasteiger partial charge >= 0.3 is 0 Å². The summed E-state index contributed by atoms with van der Waals surface area (Å²) in [7, 11) is 0. The average Bonchev–Trinajstić information content (AvgIpc) is 2.53. The van der Waals surface area contributed by atoms with Crippen LogP contribution in [0.25, 0.3) is 0 Å². The van der Waals surface area contributed by atoms with Crippen LogP contribution in [0.1, 0.15) is 25.0 Å². The van der Waals surface area contributed by atoms with Crippen molar-refractivity contribution in [1.82, 2.24) is 14.9 Å². The highest BCUT2D eigenvalue weighted by atomic mass is 15.2. The second-order valence-electron chi connectivity index (χ2n) is 4.33. The van der Waals surface area contributed by atoms with Crippen molar-refractivity contribution in [3.8, 4) is 0 Å². The summed E-state index contributed by atoms with van der Waals surface area (Å²) in [6.07, 6.45) is 13.9. The fraction of sp³-hybridized carbons (Fsp3) is 0.500. The summed E-state index contributed by atoms with van der Waals surface area (Å²) in [6.45, 7) is 0.952. The van der Waals surface area contributed by atoms with E-state index in [1.165, 1.54) is 19.3 Å². The van der Waals surface area contributed by atoms with Gasteiger partial charge in [0.2, 0.25) is 0 Å². The maximum absolute atomic E-state index is 4.34. The first-order valence-electron chi connectivity index (χ1n) is 5.61. The van der Waals surface area contributed by atoms with E-state index in [-0.39, 0.29) is 0 Å². The SMILES string of the molecule is C1=CC2CCC(C1)N2Cc1cnccn1. The van der Waals surface area contributed by atoms with Gasteiger partial charge in [-0.3, -0.25) is 14.9 Å². The number of hydrogen-bond donors (Lipinski definition) is 0. The first-order chi connectivity index (χ1) is 7.43. The molecule has 0 aliphatic carbocycles. The minimum atomic E-state index is 0.644. The molecule has 2 aliphatic heterocycles. The molecule has 0 N–H and O–H groups in total. The van der Waals surface area contributed by atoms with E-state index >= 15 is 0 Å². The second-order valence-corrected chi connectivity index (χ2v) is 4.33. The van der Waals surface area contributed by atoms with E-state index in [0.717, 1.165) is 18.3 Å². The van der Waals surface area contributed by atoms with Crippen LogP contribution in [0.2, 0.25) is 0 Å². The van der Waals surface area contributed by atoms with E-state index < -0.39 is 0 Å². The highest BCUT2D eigenvalue weighted by Crippen LogP contribution is 2.32. The minimum absolute atomic E-state index is 0.644. The van der Waals surface area contributed by atoms with Crippen molar-refractivity contribution in [2.24, 2.45) is 0 Å². The third-order valence-electron chi connectivity index (χ3n) is 3.42. The minimum Gasteiger partial charge on any atom is -0.288 e. The lowest BCUT2D eigenvalue weighted by molar-refractivity contribution is 0.197. The first kappa shape index (κ1) is 9.04. The monoisotopic (exact) mass is 201 g/mol. The second kappa shape index (κ2) is 3.74. The van der Waals surface area contributed by atoms with Crippen LogP contribution in [-0.2, 0) is 6.54 Å². The maximum Gasteiger partial charge on any atom is 0.0727 e. The molecule has 1 aromatic rings. The van der Waals surface area contributed by atoms with E-state index in [9.17, 15) is 0 Å². The van der Waals surface area contributed by atoms with Crippen LogP contribution in [0, 0.1) is 0 Å². The number of fused-ring (bicyclic) bond motifs is 2. The molecule has 1 saturated heterocycles. The van der Waals surface area contributed by atoms with Gasteiger partial charge in [0.1, 0.15) is 0 Å². The van der Waals surface area contributed by atoms with Crippen molar-refractivity contribution < 1.29 is 0 Å². The van der Waals surface area contributed by atoms with E-state index in [2.05, 4.69) is 27.0 Å². The quantitative estimate of drug-likeness (QED) is 0.683. The Morgan fingerprint density at radius 1 is 1.33 bits per heavy atom. The Kier molecular flexibility index (Phi) is 2.25. The smallest absolute Gasteiger partial charge is 0.0727 e. The normalized spacial score (nSPS) is 29.6. The molecule has 3 nitrogen and oxygen atoms in total. The zero-order chi connectivity index (χ0) is 10.1. The molecule has 1 fully saturated rings. The Morgan fingerprint density at radius 2 is 2.33 bits per heavy atom. The molecule has 15 heavy (non-hydrogen) atoms. The van der Waals surface area contributed by atoms with E-state index in [4.69, 9.17) is 0 Å². The molecular weight excluding hydrogens is 186 g/mol. The summed E-state index contributed by atoms with van der Waals surface area (Å²) >= 11 is 0. The van der Waals surface area contributed by atoms with Gasteiger partial charge in [-0.2, -0.15) is 0 Å². The van der Waals surface area contributed by atoms with E-state index in [1.807, 2.05) is 6.20 Å². The molecule has 2 aliphatic rings. The molecule has 0 aromatic carbocycles. The fourth-order valence-corrected chi connectivity index (χ4v) is 2.66. The Balaban J connectivity index is 1.77. The lowest BCUT2D eigenvalue weighted by atomic mass is 10.1. The van der Waals surface area contributed by atoms with Gasteiger partial charge in [0.25, 0.3) is 0 Å². The predicted octanol–water partition coefficient (Wildman–Crippen LogP) is 1.77. The molecule has 0 spiro atoms. The summed E-state index contributed by atoms with van der Waals surface area (Å²) in [4.78, 5) is 11.0. The first-order valence-corrected chi connectivity index (χ1v) is 5.61. The largest absolute Gasteiger partial charge is 0.288 e. The Hall–Kier alpha value is -1.22. The molecule has 2 unspecified atom stereocenters. The number of rotatable bonds is 2. The van der Waals surface area contributed by atoms with Gasteiger partial charge < -0.3 is 0 Å². The van der Waals surface area contributed by atoms with Gasteiger partial charge in [0.15, 0.2) is 0 Å². The third kappa shape index (κ3) is 1.67. The van der Waals surface area contributed by atoms with Crippen LogP contribution < -0.4 is 0 Å². The molecule has 0 radical (unpaired) electrons. The van der Waals surface area contributed by atoms with Crippen LogP contribution in [0.5, 0.6) is 0 Å². The predicted molar refractivity (Wildman–Crippen MR) is 58.1 cm³/mol. The zero-order valence-corrected chi connectivity index (χ0v) is 8.71. The van der Waals surface area contributed by atoms with Gasteiger partial charge in [0, 0.05) is 37.2 Å². The molecule has 0 saturated carbocycles. The van der Waals surface area contributed by atoms with Gasteiger partial charge in [-0.15, -0.1) is 0 Å². The van der Waals surface area contributed by atoms with Crippen molar-refractivity contribution in [3.05, 3.63) is 36.4 Å². The molecule has 78 valence electrons. The lowest BCUT2D eigenvalue weighted by Gasteiger charge is -2.30. The van der Waals surface area contributed by atoms with Crippen LogP contribution in [0.4, 0.5) is 0 Å². The zero-order valence-electron chi connectivity index (χ0n) is 8.71. The van der Waals surface area contributed by atoms with Crippen LogP contribution in [0.3, 0.4) is 0 Å². The van der Waals surface area contributed by atoms with Crippen molar-refractivity contribution in [3.63, 3.8) is 0 Å². The number of hydrogen-bond acceptors (Lipinski definition) is 3. The van der Waals surface area contributed by atoms with E-state index in [1.54, 1.807) is 12.4 Å². The average molecular weight is 201 g/mol. The maximum atomic E-state index is 4.34. The highest BCUT2D eigenvalue weighted by Gasteiger charge is 2.33. The van der Waals surface area contributed by atoms with Gasteiger partial charge in [-0.1, -0.05) is 12.2 Å². The Bertz CT molecular complexity index is 360. The van der Waals surface area contributed by atoms with Gasteiger partial charge in [-0.05, 0) is 19.3 Å². The molecule has 3 heteroatoms. The van der Waals surface area contributed by atoms with Crippen molar-refractivity contribution >= 4 is 0 Å². The fourth-order valence-electron chi connectivity index (χ4n) is 2.66. The van der Waals surface area contributed by atoms with Crippen LogP contribution >= 0.6 is 0 Å².